The summed E-state index contributed by atoms with van der Waals surface area (Å²) in [6, 6.07) is 6.18. The first-order valence-electron chi connectivity index (χ1n) is 7.45. The van der Waals surface area contributed by atoms with Crippen LogP contribution in [0.4, 0.5) is 8.78 Å². The predicted octanol–water partition coefficient (Wildman–Crippen LogP) is 2.80. The normalized spacial score (nSPS) is 20.7. The van der Waals surface area contributed by atoms with Gasteiger partial charge in [-0.15, -0.1) is 0 Å². The van der Waals surface area contributed by atoms with Crippen LogP contribution in [-0.2, 0) is 0 Å². The Morgan fingerprint density at radius 3 is 2.86 bits per heavy atom. The molecule has 1 aromatic rings. The predicted molar refractivity (Wildman–Crippen MR) is 80.2 cm³/mol. The van der Waals surface area contributed by atoms with E-state index in [0.29, 0.717) is 6.54 Å². The monoisotopic (exact) mass is 312 g/mol. The lowest BCUT2D eigenvalue weighted by Gasteiger charge is -2.39. The van der Waals surface area contributed by atoms with E-state index in [1.54, 1.807) is 12.1 Å². The Bertz CT molecular complexity index is 521. The van der Waals surface area contributed by atoms with Crippen LogP contribution in [0.1, 0.15) is 37.0 Å². The first kappa shape index (κ1) is 16.7. The molecule has 2 rings (SSSR count). The lowest BCUT2D eigenvalue weighted by Crippen LogP contribution is -2.52. The van der Waals surface area contributed by atoms with Crippen molar-refractivity contribution >= 4 is 5.91 Å². The Morgan fingerprint density at radius 1 is 1.45 bits per heavy atom. The molecule has 122 valence electrons. The van der Waals surface area contributed by atoms with Crippen molar-refractivity contribution in [2.24, 2.45) is 5.41 Å². The number of ether oxygens (including phenoxy) is 1. The van der Waals surface area contributed by atoms with E-state index in [1.807, 2.05) is 0 Å². The number of carbonyl (C=O) groups is 1. The fourth-order valence-electron chi connectivity index (χ4n) is 2.76. The zero-order valence-corrected chi connectivity index (χ0v) is 12.9. The number of halogens is 2. The zero-order chi connectivity index (χ0) is 16.2. The van der Waals surface area contributed by atoms with Crippen LogP contribution in [0, 0.1) is 5.41 Å². The standard InChI is InChI=1S/C16H22F2N2O2/c1-16(2)8-5-9-19-13(16)10-20-14(21)11-6-3-4-7-12(11)22-15(17)18/h3-4,6-7,13,15,19H,5,8-10H2,1-2H3,(H,20,21). The van der Waals surface area contributed by atoms with Crippen molar-refractivity contribution in [3.63, 3.8) is 0 Å². The van der Waals surface area contributed by atoms with E-state index in [4.69, 9.17) is 0 Å². The Balaban J connectivity index is 2.00. The van der Waals surface area contributed by atoms with E-state index in [-0.39, 0.29) is 22.8 Å². The SMILES string of the molecule is CC1(C)CCCNC1CNC(=O)c1ccccc1OC(F)F. The number of hydrogen-bond donors (Lipinski definition) is 2. The summed E-state index contributed by atoms with van der Waals surface area (Å²) < 4.78 is 29.1. The number of hydrogen-bond acceptors (Lipinski definition) is 3. The van der Waals surface area contributed by atoms with Gasteiger partial charge in [0.25, 0.3) is 5.91 Å². The van der Waals surface area contributed by atoms with Crippen LogP contribution in [0.2, 0.25) is 0 Å². The molecule has 1 unspecified atom stereocenters. The molecular formula is C16H22F2N2O2. The average molecular weight is 312 g/mol. The third kappa shape index (κ3) is 4.16. The van der Waals surface area contributed by atoms with Crippen molar-refractivity contribution in [1.29, 1.82) is 0 Å². The Labute approximate surface area is 129 Å². The molecule has 0 aromatic heterocycles. The first-order valence-corrected chi connectivity index (χ1v) is 7.45. The van der Waals surface area contributed by atoms with Gasteiger partial charge in [0.2, 0.25) is 0 Å². The maximum absolute atomic E-state index is 12.4. The maximum Gasteiger partial charge on any atom is 0.387 e. The number of amides is 1. The van der Waals surface area contributed by atoms with E-state index in [0.717, 1.165) is 19.4 Å². The summed E-state index contributed by atoms with van der Waals surface area (Å²) in [7, 11) is 0. The highest BCUT2D eigenvalue weighted by molar-refractivity contribution is 5.96. The number of para-hydroxylation sites is 1. The first-order chi connectivity index (χ1) is 10.4. The molecule has 6 heteroatoms. The number of benzene rings is 1. The third-order valence-corrected chi connectivity index (χ3v) is 4.15. The molecule has 1 heterocycles. The lowest BCUT2D eigenvalue weighted by atomic mass is 9.77. The highest BCUT2D eigenvalue weighted by Gasteiger charge is 2.32. The Kier molecular flexibility index (Phi) is 5.34. The van der Waals surface area contributed by atoms with Crippen molar-refractivity contribution in [1.82, 2.24) is 10.6 Å². The third-order valence-electron chi connectivity index (χ3n) is 4.15. The second kappa shape index (κ2) is 7.05. The quantitative estimate of drug-likeness (QED) is 0.879. The maximum atomic E-state index is 12.4. The molecule has 0 radical (unpaired) electrons. The van der Waals surface area contributed by atoms with Crippen molar-refractivity contribution in [2.45, 2.75) is 39.3 Å². The molecule has 22 heavy (non-hydrogen) atoms. The van der Waals surface area contributed by atoms with Crippen LogP contribution in [0.15, 0.2) is 24.3 Å². The minimum atomic E-state index is -2.95. The molecule has 1 atom stereocenters. The van der Waals surface area contributed by atoms with Gasteiger partial charge in [-0.3, -0.25) is 4.79 Å². The van der Waals surface area contributed by atoms with Gasteiger partial charge in [0.15, 0.2) is 0 Å². The van der Waals surface area contributed by atoms with Crippen LogP contribution in [0.3, 0.4) is 0 Å². The van der Waals surface area contributed by atoms with E-state index in [2.05, 4.69) is 29.2 Å². The fourth-order valence-corrected chi connectivity index (χ4v) is 2.76. The Hall–Kier alpha value is -1.69. The van der Waals surface area contributed by atoms with Crippen LogP contribution >= 0.6 is 0 Å². The minimum absolute atomic E-state index is 0.0878. The van der Waals surface area contributed by atoms with Gasteiger partial charge in [-0.2, -0.15) is 8.78 Å². The molecule has 1 aliphatic rings. The largest absolute Gasteiger partial charge is 0.434 e. The number of carbonyl (C=O) groups excluding carboxylic acids is 1. The van der Waals surface area contributed by atoms with Crippen molar-refractivity contribution in [2.75, 3.05) is 13.1 Å². The van der Waals surface area contributed by atoms with Crippen molar-refractivity contribution in [3.8, 4) is 5.75 Å². The fraction of sp³-hybridized carbons (Fsp3) is 0.562. The van der Waals surface area contributed by atoms with Crippen LogP contribution in [0.25, 0.3) is 0 Å². The summed E-state index contributed by atoms with van der Waals surface area (Å²) in [6.07, 6.45) is 2.20. The summed E-state index contributed by atoms with van der Waals surface area (Å²) in [6.45, 7) is 2.74. The molecular weight excluding hydrogens is 290 g/mol. The van der Waals surface area contributed by atoms with Gasteiger partial charge in [-0.05, 0) is 36.9 Å². The van der Waals surface area contributed by atoms with Crippen LogP contribution < -0.4 is 15.4 Å². The lowest BCUT2D eigenvalue weighted by molar-refractivity contribution is -0.0501. The summed E-state index contributed by atoms with van der Waals surface area (Å²) in [5.41, 5.74) is 0.209. The second-order valence-electron chi connectivity index (χ2n) is 6.18. The average Bonchev–Trinajstić information content (AvgIpc) is 2.45. The molecule has 1 fully saturated rings. The van der Waals surface area contributed by atoms with E-state index < -0.39 is 12.5 Å². The van der Waals surface area contributed by atoms with Crippen LogP contribution in [0.5, 0.6) is 5.75 Å². The van der Waals surface area contributed by atoms with Gasteiger partial charge >= 0.3 is 6.61 Å². The molecule has 2 N–H and O–H groups in total. The van der Waals surface area contributed by atoms with E-state index >= 15 is 0 Å². The highest BCUT2D eigenvalue weighted by Crippen LogP contribution is 2.29. The minimum Gasteiger partial charge on any atom is -0.434 e. The number of nitrogens with one attached hydrogen (secondary N) is 2. The number of rotatable bonds is 5. The zero-order valence-electron chi connectivity index (χ0n) is 12.9. The van der Waals surface area contributed by atoms with Gasteiger partial charge in [0.1, 0.15) is 5.75 Å². The molecule has 0 bridgehead atoms. The molecule has 0 saturated carbocycles. The van der Waals surface area contributed by atoms with Crippen LogP contribution in [-0.4, -0.2) is 31.7 Å². The summed E-state index contributed by atoms with van der Waals surface area (Å²) >= 11 is 0. The summed E-state index contributed by atoms with van der Waals surface area (Å²) in [4.78, 5) is 12.2. The molecule has 4 nitrogen and oxygen atoms in total. The summed E-state index contributed by atoms with van der Waals surface area (Å²) in [5.74, 6) is -0.509. The summed E-state index contributed by atoms with van der Waals surface area (Å²) in [5, 5.41) is 6.21. The van der Waals surface area contributed by atoms with Gasteiger partial charge in [-0.25, -0.2) is 0 Å². The molecule has 1 saturated heterocycles. The molecule has 0 aliphatic carbocycles. The molecule has 1 aromatic carbocycles. The molecule has 1 amide bonds. The molecule has 1 aliphatic heterocycles. The molecule has 0 spiro atoms. The van der Waals surface area contributed by atoms with Gasteiger partial charge < -0.3 is 15.4 Å². The Morgan fingerprint density at radius 2 is 2.18 bits per heavy atom. The smallest absolute Gasteiger partial charge is 0.387 e. The number of alkyl halides is 2. The topological polar surface area (TPSA) is 50.4 Å². The van der Waals surface area contributed by atoms with Gasteiger partial charge in [0.05, 0.1) is 5.56 Å². The van der Waals surface area contributed by atoms with Gasteiger partial charge in [-0.1, -0.05) is 26.0 Å². The van der Waals surface area contributed by atoms with Crippen molar-refractivity contribution < 1.29 is 18.3 Å². The van der Waals surface area contributed by atoms with Gasteiger partial charge in [0, 0.05) is 12.6 Å². The second-order valence-corrected chi connectivity index (χ2v) is 6.18. The van der Waals surface area contributed by atoms with E-state index in [9.17, 15) is 13.6 Å². The number of piperidine rings is 1. The van der Waals surface area contributed by atoms with E-state index in [1.165, 1.54) is 12.1 Å². The highest BCUT2D eigenvalue weighted by atomic mass is 19.3. The van der Waals surface area contributed by atoms with Crippen molar-refractivity contribution in [3.05, 3.63) is 29.8 Å².